The Hall–Kier alpha value is -7.56. The predicted octanol–water partition coefficient (Wildman–Crippen LogP) is 17.5. The van der Waals surface area contributed by atoms with Crippen LogP contribution in [0.4, 0.5) is 34.1 Å². The van der Waals surface area contributed by atoms with Crippen molar-refractivity contribution in [2.24, 2.45) is 0 Å². The molecule has 4 heterocycles. The molecule has 10 rings (SSSR count). The van der Waals surface area contributed by atoms with Crippen LogP contribution in [0.15, 0.2) is 216 Å². The smallest absolute Gasteiger partial charge is 0.101 e. The first-order chi connectivity index (χ1) is 31.6. The van der Waals surface area contributed by atoms with Gasteiger partial charge in [-0.25, -0.2) is 0 Å². The van der Waals surface area contributed by atoms with Crippen LogP contribution in [-0.2, 0) is 0 Å². The summed E-state index contributed by atoms with van der Waals surface area (Å²) in [5.41, 5.74) is 12.6. The molecule has 8 heteroatoms. The predicted molar refractivity (Wildman–Crippen MR) is 274 cm³/mol. The molecule has 0 radical (unpaired) electrons. The van der Waals surface area contributed by atoms with Crippen LogP contribution in [0.5, 0.6) is 0 Å². The highest BCUT2D eigenvalue weighted by Crippen LogP contribution is 2.41. The average molecular weight is 893 g/mol. The highest BCUT2D eigenvalue weighted by molar-refractivity contribution is 7.14. The molecule has 0 N–H and O–H groups in total. The molecule has 0 spiro atoms. The lowest BCUT2D eigenvalue weighted by Crippen LogP contribution is -2.10. The summed E-state index contributed by atoms with van der Waals surface area (Å²) in [7, 11) is 0. The molecule has 6 aromatic carbocycles. The Kier molecular flexibility index (Phi) is 11.7. The Labute approximate surface area is 389 Å². The third-order valence-electron chi connectivity index (χ3n) is 11.0. The zero-order valence-electron chi connectivity index (χ0n) is 34.2. The first-order valence-electron chi connectivity index (χ1n) is 20.5. The molecular weight excluding hydrogens is 857 g/mol. The highest BCUT2D eigenvalue weighted by Gasteiger charge is 2.18. The van der Waals surface area contributed by atoms with Crippen LogP contribution >= 0.6 is 45.3 Å². The summed E-state index contributed by atoms with van der Waals surface area (Å²) in [6.07, 6.45) is 0. The maximum Gasteiger partial charge on any atom is 0.101 e. The van der Waals surface area contributed by atoms with Crippen LogP contribution in [0.1, 0.15) is 11.1 Å². The Morgan fingerprint density at radius 3 is 0.703 bits per heavy atom. The van der Waals surface area contributed by atoms with Crippen molar-refractivity contribution in [3.05, 3.63) is 227 Å². The van der Waals surface area contributed by atoms with Crippen molar-refractivity contribution in [2.45, 2.75) is 0 Å². The number of hydrogen-bond acceptors (Lipinski definition) is 8. The van der Waals surface area contributed by atoms with E-state index in [0.29, 0.717) is 22.3 Å². The van der Waals surface area contributed by atoms with Crippen molar-refractivity contribution in [3.63, 3.8) is 0 Å². The molecule has 0 aliphatic heterocycles. The summed E-state index contributed by atoms with van der Waals surface area (Å²) >= 11 is 6.90. The van der Waals surface area contributed by atoms with Gasteiger partial charge in [0.15, 0.2) is 0 Å². The van der Waals surface area contributed by atoms with Crippen molar-refractivity contribution in [2.75, 3.05) is 9.80 Å². The zero-order chi connectivity index (χ0) is 43.2. The van der Waals surface area contributed by atoms with E-state index in [0.717, 1.165) is 34.1 Å². The summed E-state index contributed by atoms with van der Waals surface area (Å²) in [6.45, 7) is 0. The van der Waals surface area contributed by atoms with Gasteiger partial charge in [-0.15, -0.1) is 45.3 Å². The summed E-state index contributed by atoms with van der Waals surface area (Å²) < 4.78 is 0. The minimum atomic E-state index is 0.319. The van der Waals surface area contributed by atoms with Crippen LogP contribution in [0, 0.1) is 22.7 Å². The normalized spacial score (nSPS) is 11.3. The van der Waals surface area contributed by atoms with Gasteiger partial charge in [0.05, 0.1) is 11.1 Å². The van der Waals surface area contributed by atoms with Crippen molar-refractivity contribution < 1.29 is 0 Å². The second kappa shape index (κ2) is 18.4. The van der Waals surface area contributed by atoms with Gasteiger partial charge >= 0.3 is 0 Å². The van der Waals surface area contributed by atoms with E-state index >= 15 is 0 Å². The molecule has 10 aromatic rings. The zero-order valence-corrected chi connectivity index (χ0v) is 37.5. The molecule has 64 heavy (non-hydrogen) atoms. The molecule has 0 fully saturated rings. The van der Waals surface area contributed by atoms with E-state index in [2.05, 4.69) is 189 Å². The molecule has 0 unspecified atom stereocenters. The number of thiophene rings is 4. The Morgan fingerprint density at radius 2 is 0.516 bits per heavy atom. The van der Waals surface area contributed by atoms with E-state index in [1.807, 2.05) is 48.5 Å². The monoisotopic (exact) mass is 892 g/mol. The molecule has 0 atom stereocenters. The highest BCUT2D eigenvalue weighted by atomic mass is 32.1. The summed E-state index contributed by atoms with van der Waals surface area (Å²) in [5.74, 6) is 0. The molecule has 0 amide bonds. The van der Waals surface area contributed by atoms with Gasteiger partial charge in [-0.2, -0.15) is 10.5 Å². The van der Waals surface area contributed by atoms with E-state index in [1.54, 1.807) is 45.3 Å². The average Bonchev–Trinajstić information content (AvgIpc) is 4.23. The van der Waals surface area contributed by atoms with Gasteiger partial charge in [-0.3, -0.25) is 0 Å². The summed E-state index contributed by atoms with van der Waals surface area (Å²) in [4.78, 5) is 9.32. The van der Waals surface area contributed by atoms with Gasteiger partial charge in [0, 0.05) is 53.6 Å². The minimum absolute atomic E-state index is 0.319. The van der Waals surface area contributed by atoms with Crippen LogP contribution < -0.4 is 9.80 Å². The lowest BCUT2D eigenvalue weighted by molar-refractivity contribution is 1.28. The van der Waals surface area contributed by atoms with Crippen molar-refractivity contribution in [1.29, 1.82) is 10.5 Å². The van der Waals surface area contributed by atoms with E-state index in [4.69, 9.17) is 0 Å². The summed E-state index contributed by atoms with van der Waals surface area (Å²) in [6, 6.07) is 71.9. The Morgan fingerprint density at radius 1 is 0.297 bits per heavy atom. The number of rotatable bonds is 12. The fraction of sp³-hybridized carbons (Fsp3) is 0. The molecule has 4 nitrogen and oxygen atoms in total. The SMILES string of the molecule is N#C/C(=C(/C#N)c1ccc(N(c2ccc(-c3cccs3)cc2)c2ccc(-c3cccs3)cc2)cc1)c1ccc(N(c2ccc(-c3cccs3)cc2)c2ccc(-c3cccs3)cc2)cc1. The van der Waals surface area contributed by atoms with E-state index < -0.39 is 0 Å². The molecule has 0 aliphatic rings. The Balaban J connectivity index is 0.972. The number of hydrogen-bond donors (Lipinski definition) is 0. The second-order valence-electron chi connectivity index (χ2n) is 14.8. The van der Waals surface area contributed by atoms with Crippen LogP contribution in [0.3, 0.4) is 0 Å². The van der Waals surface area contributed by atoms with Crippen molar-refractivity contribution >= 4 is 90.6 Å². The van der Waals surface area contributed by atoms with Gasteiger partial charge in [0.25, 0.3) is 0 Å². The number of anilines is 6. The van der Waals surface area contributed by atoms with Crippen molar-refractivity contribution in [3.8, 4) is 53.9 Å². The third kappa shape index (κ3) is 8.35. The maximum absolute atomic E-state index is 10.6. The number of allylic oxidation sites excluding steroid dienone is 2. The number of benzene rings is 6. The van der Waals surface area contributed by atoms with E-state index in [-0.39, 0.29) is 0 Å². The lowest BCUT2D eigenvalue weighted by atomic mass is 9.95. The van der Waals surface area contributed by atoms with Crippen LogP contribution in [0.2, 0.25) is 0 Å². The Bertz CT molecular complexity index is 2830. The molecule has 0 aliphatic carbocycles. The van der Waals surface area contributed by atoms with E-state index in [1.165, 1.54) is 41.8 Å². The molecule has 4 aromatic heterocycles. The fourth-order valence-electron chi connectivity index (χ4n) is 7.85. The largest absolute Gasteiger partial charge is 0.311 e. The van der Waals surface area contributed by atoms with Crippen LogP contribution in [-0.4, -0.2) is 0 Å². The molecule has 0 saturated carbocycles. The quantitative estimate of drug-likeness (QED) is 0.0906. The van der Waals surface area contributed by atoms with Gasteiger partial charge in [0.2, 0.25) is 0 Å². The number of nitrogens with zero attached hydrogens (tertiary/aromatic N) is 4. The second-order valence-corrected chi connectivity index (χ2v) is 18.6. The first kappa shape index (κ1) is 40.5. The standard InChI is InChI=1S/C56H36N4S4/c57-37-51(39-9-21-45(22-10-39)59(47-25-13-41(14-26-47)53-5-1-33-61-53)48-27-15-42(16-28-48)54-6-2-34-62-54)52(38-58)40-11-23-46(24-12-40)60(49-29-17-43(18-30-49)55-7-3-35-63-55)50-31-19-44(20-32-50)56-8-4-36-64-56/h1-36H/b52-51+. The first-order valence-corrected chi connectivity index (χ1v) is 24.1. The van der Waals surface area contributed by atoms with Crippen molar-refractivity contribution in [1.82, 2.24) is 0 Å². The molecule has 0 saturated heterocycles. The lowest BCUT2D eigenvalue weighted by Gasteiger charge is -2.26. The number of nitriles is 2. The third-order valence-corrected chi connectivity index (χ3v) is 14.7. The molecule has 0 bridgehead atoms. The minimum Gasteiger partial charge on any atom is -0.311 e. The summed E-state index contributed by atoms with van der Waals surface area (Å²) in [5, 5.41) is 29.6. The van der Waals surface area contributed by atoms with Gasteiger partial charge in [-0.05, 0) is 152 Å². The van der Waals surface area contributed by atoms with Gasteiger partial charge in [0.1, 0.15) is 12.1 Å². The van der Waals surface area contributed by atoms with Gasteiger partial charge < -0.3 is 9.80 Å². The maximum atomic E-state index is 10.6. The van der Waals surface area contributed by atoms with E-state index in [9.17, 15) is 10.5 Å². The topological polar surface area (TPSA) is 54.1 Å². The molecular formula is C56H36N4S4. The molecule has 304 valence electrons. The fourth-order valence-corrected chi connectivity index (χ4v) is 10.8. The van der Waals surface area contributed by atoms with Gasteiger partial charge in [-0.1, -0.05) is 97.1 Å². The van der Waals surface area contributed by atoms with Crippen LogP contribution in [0.25, 0.3) is 52.9 Å².